The van der Waals surface area contributed by atoms with E-state index in [4.69, 9.17) is 26.2 Å². The number of esters is 1. The molecule has 0 heterocycles. The Kier molecular flexibility index (Phi) is 7.71. The molecule has 0 amide bonds. The molecular formula is C20H19ClO5. The van der Waals surface area contributed by atoms with E-state index in [1.807, 2.05) is 30.3 Å². The highest BCUT2D eigenvalue weighted by molar-refractivity contribution is 6.31. The molecule has 0 unspecified atom stereocenters. The minimum atomic E-state index is -1.06. The van der Waals surface area contributed by atoms with E-state index < -0.39 is 11.9 Å². The molecule has 0 aliphatic rings. The monoisotopic (exact) mass is 374 g/mol. The summed E-state index contributed by atoms with van der Waals surface area (Å²) in [6.45, 7) is 0.661. The summed E-state index contributed by atoms with van der Waals surface area (Å²) in [6.07, 6.45) is 4.39. The average molecular weight is 375 g/mol. The second-order valence-corrected chi connectivity index (χ2v) is 5.88. The fourth-order valence-corrected chi connectivity index (χ4v) is 2.34. The molecule has 0 spiro atoms. The van der Waals surface area contributed by atoms with Gasteiger partial charge in [0.1, 0.15) is 5.75 Å². The van der Waals surface area contributed by atoms with Crippen LogP contribution in [0, 0.1) is 0 Å². The molecule has 0 aliphatic heterocycles. The van der Waals surface area contributed by atoms with Crippen molar-refractivity contribution in [3.05, 3.63) is 70.8 Å². The number of carboxylic acid groups (broad SMARTS) is 1. The molecule has 5 nitrogen and oxygen atoms in total. The van der Waals surface area contributed by atoms with Gasteiger partial charge in [0, 0.05) is 11.1 Å². The van der Waals surface area contributed by atoms with Crippen molar-refractivity contribution in [1.29, 1.82) is 0 Å². The van der Waals surface area contributed by atoms with E-state index in [0.29, 0.717) is 30.2 Å². The summed E-state index contributed by atoms with van der Waals surface area (Å²) < 4.78 is 10.6. The summed E-state index contributed by atoms with van der Waals surface area (Å²) in [4.78, 5) is 22.6. The lowest BCUT2D eigenvalue weighted by Crippen LogP contribution is -2.05. The van der Waals surface area contributed by atoms with Gasteiger partial charge >= 0.3 is 11.9 Å². The van der Waals surface area contributed by atoms with Crippen molar-refractivity contribution in [2.45, 2.75) is 12.8 Å². The van der Waals surface area contributed by atoms with Crippen LogP contribution in [0.1, 0.15) is 28.8 Å². The standard InChI is InChI=1S/C20H19ClO5/c21-17-12-16(20(23)24)13-18(14-17)25-10-4-5-11-26-19(22)9-8-15-6-2-1-3-7-15/h1-3,6-9,12-14H,4-5,10-11H2,(H,23,24). The SMILES string of the molecule is O=C(C=Cc1ccccc1)OCCCCOc1cc(Cl)cc(C(=O)O)c1. The van der Waals surface area contributed by atoms with Gasteiger partial charge in [-0.1, -0.05) is 41.9 Å². The highest BCUT2D eigenvalue weighted by Gasteiger charge is 2.07. The average Bonchev–Trinajstić information content (AvgIpc) is 2.63. The molecule has 0 radical (unpaired) electrons. The Morgan fingerprint density at radius 2 is 1.77 bits per heavy atom. The molecule has 1 N–H and O–H groups in total. The van der Waals surface area contributed by atoms with Crippen molar-refractivity contribution in [3.63, 3.8) is 0 Å². The number of benzene rings is 2. The zero-order valence-corrected chi connectivity index (χ0v) is 14.8. The van der Waals surface area contributed by atoms with Gasteiger partial charge in [-0.15, -0.1) is 0 Å². The maximum absolute atomic E-state index is 11.6. The number of halogens is 1. The van der Waals surface area contributed by atoms with Gasteiger partial charge in [0.2, 0.25) is 0 Å². The van der Waals surface area contributed by atoms with Crippen LogP contribution in [0.5, 0.6) is 5.75 Å². The molecule has 0 saturated carbocycles. The topological polar surface area (TPSA) is 72.8 Å². The van der Waals surface area contributed by atoms with Gasteiger partial charge in [-0.05, 0) is 42.7 Å². The third-order valence-corrected chi connectivity index (χ3v) is 3.60. The number of hydrogen-bond acceptors (Lipinski definition) is 4. The Morgan fingerprint density at radius 1 is 1.04 bits per heavy atom. The number of carboxylic acids is 1. The van der Waals surface area contributed by atoms with Crippen LogP contribution in [0.4, 0.5) is 0 Å². The number of ether oxygens (including phenoxy) is 2. The first kappa shape index (κ1) is 19.5. The van der Waals surface area contributed by atoms with Crippen molar-refractivity contribution in [2.75, 3.05) is 13.2 Å². The van der Waals surface area contributed by atoms with Crippen molar-refractivity contribution < 1.29 is 24.2 Å². The smallest absolute Gasteiger partial charge is 0.335 e. The molecule has 0 aliphatic carbocycles. The molecule has 26 heavy (non-hydrogen) atoms. The predicted octanol–water partition coefficient (Wildman–Crippen LogP) is 4.45. The third-order valence-electron chi connectivity index (χ3n) is 3.38. The molecule has 0 atom stereocenters. The molecule has 0 fully saturated rings. The first-order valence-corrected chi connectivity index (χ1v) is 8.49. The van der Waals surface area contributed by atoms with E-state index in [1.54, 1.807) is 12.1 Å². The summed E-state index contributed by atoms with van der Waals surface area (Å²) in [6, 6.07) is 13.8. The molecule has 2 aromatic rings. The largest absolute Gasteiger partial charge is 0.494 e. The first-order valence-electron chi connectivity index (χ1n) is 8.11. The molecule has 0 aromatic heterocycles. The molecule has 2 aromatic carbocycles. The van der Waals surface area contributed by atoms with Gasteiger partial charge < -0.3 is 14.6 Å². The van der Waals surface area contributed by atoms with Gasteiger partial charge in [0.05, 0.1) is 18.8 Å². The highest BCUT2D eigenvalue weighted by Crippen LogP contribution is 2.21. The lowest BCUT2D eigenvalue weighted by molar-refractivity contribution is -0.137. The van der Waals surface area contributed by atoms with Crippen LogP contribution in [-0.4, -0.2) is 30.3 Å². The minimum Gasteiger partial charge on any atom is -0.494 e. The van der Waals surface area contributed by atoms with Gasteiger partial charge in [0.15, 0.2) is 0 Å². The van der Waals surface area contributed by atoms with Crippen molar-refractivity contribution >= 4 is 29.6 Å². The molecule has 0 bridgehead atoms. The Morgan fingerprint density at radius 3 is 2.50 bits per heavy atom. The second-order valence-electron chi connectivity index (χ2n) is 5.45. The molecule has 136 valence electrons. The summed E-state index contributed by atoms with van der Waals surface area (Å²) >= 11 is 5.86. The van der Waals surface area contributed by atoms with Crippen LogP contribution >= 0.6 is 11.6 Å². The summed E-state index contributed by atoms with van der Waals surface area (Å²) in [5.41, 5.74) is 1.01. The Hall–Kier alpha value is -2.79. The number of carbonyl (C=O) groups excluding carboxylic acids is 1. The van der Waals surface area contributed by atoms with Crippen LogP contribution in [-0.2, 0) is 9.53 Å². The lowest BCUT2D eigenvalue weighted by atomic mass is 10.2. The van der Waals surface area contributed by atoms with Crippen molar-refractivity contribution in [3.8, 4) is 5.75 Å². The quantitative estimate of drug-likeness (QED) is 0.398. The molecule has 6 heteroatoms. The fourth-order valence-electron chi connectivity index (χ4n) is 2.11. The van der Waals surface area contributed by atoms with Crippen molar-refractivity contribution in [1.82, 2.24) is 0 Å². The van der Waals surface area contributed by atoms with E-state index in [9.17, 15) is 9.59 Å². The highest BCUT2D eigenvalue weighted by atomic mass is 35.5. The first-order chi connectivity index (χ1) is 12.5. The van der Waals surface area contributed by atoms with Gasteiger partial charge in [0.25, 0.3) is 0 Å². The molecule has 0 saturated heterocycles. The van der Waals surface area contributed by atoms with E-state index in [0.717, 1.165) is 5.56 Å². The van der Waals surface area contributed by atoms with Gasteiger partial charge in [-0.2, -0.15) is 0 Å². The summed E-state index contributed by atoms with van der Waals surface area (Å²) in [7, 11) is 0. The summed E-state index contributed by atoms with van der Waals surface area (Å²) in [5, 5.41) is 9.28. The number of rotatable bonds is 9. The maximum atomic E-state index is 11.6. The number of unbranched alkanes of at least 4 members (excludes halogenated alkanes) is 1. The van der Waals surface area contributed by atoms with E-state index in [2.05, 4.69) is 0 Å². The van der Waals surface area contributed by atoms with E-state index in [-0.39, 0.29) is 12.2 Å². The number of carbonyl (C=O) groups is 2. The molecule has 2 rings (SSSR count). The maximum Gasteiger partial charge on any atom is 0.335 e. The normalized spacial score (nSPS) is 10.7. The van der Waals surface area contributed by atoms with Crippen LogP contribution in [0.25, 0.3) is 6.08 Å². The Labute approximate surface area is 156 Å². The second kappa shape index (κ2) is 10.3. The van der Waals surface area contributed by atoms with E-state index >= 15 is 0 Å². The zero-order valence-electron chi connectivity index (χ0n) is 14.1. The van der Waals surface area contributed by atoms with E-state index in [1.165, 1.54) is 18.2 Å². The van der Waals surface area contributed by atoms with Gasteiger partial charge in [-0.3, -0.25) is 0 Å². The Balaban J connectivity index is 1.64. The van der Waals surface area contributed by atoms with Crippen LogP contribution < -0.4 is 4.74 Å². The number of hydrogen-bond donors (Lipinski definition) is 1. The predicted molar refractivity (Wildman–Crippen MR) is 99.6 cm³/mol. The van der Waals surface area contributed by atoms with Gasteiger partial charge in [-0.25, -0.2) is 9.59 Å². The van der Waals surface area contributed by atoms with Crippen molar-refractivity contribution in [2.24, 2.45) is 0 Å². The lowest BCUT2D eigenvalue weighted by Gasteiger charge is -2.08. The fraction of sp³-hybridized carbons (Fsp3) is 0.200. The minimum absolute atomic E-state index is 0.0756. The van der Waals surface area contributed by atoms with Crippen LogP contribution in [0.3, 0.4) is 0 Å². The van der Waals surface area contributed by atoms with Crippen LogP contribution in [0.15, 0.2) is 54.6 Å². The summed E-state index contributed by atoms with van der Waals surface area (Å²) in [5.74, 6) is -1.05. The third kappa shape index (κ3) is 6.99. The molecular weight excluding hydrogens is 356 g/mol. The Bertz CT molecular complexity index is 771. The zero-order chi connectivity index (χ0) is 18.8. The van der Waals surface area contributed by atoms with Crippen LogP contribution in [0.2, 0.25) is 5.02 Å². The number of aromatic carboxylic acids is 1.